The fourth-order valence-electron chi connectivity index (χ4n) is 1.54. The number of rotatable bonds is 3. The summed E-state index contributed by atoms with van der Waals surface area (Å²) >= 11 is 0. The molecule has 0 heterocycles. The minimum atomic E-state index is -0.402. The third-order valence-electron chi connectivity index (χ3n) is 2.49. The molecule has 0 aromatic heterocycles. The number of nitrogens with one attached hydrogen (secondary N) is 1. The molecule has 0 aliphatic heterocycles. The Bertz CT molecular complexity index is 421. The Morgan fingerprint density at radius 3 is 2.29 bits per heavy atom. The van der Waals surface area contributed by atoms with E-state index in [2.05, 4.69) is 5.43 Å². The molecular weight excluding hydrogens is 222 g/mol. The maximum absolute atomic E-state index is 11.4. The molecule has 0 atom stereocenters. The van der Waals surface area contributed by atoms with Gasteiger partial charge in [-0.25, -0.2) is 10.6 Å². The first kappa shape index (κ1) is 13.1. The summed E-state index contributed by atoms with van der Waals surface area (Å²) in [5.74, 6) is 6.27. The molecule has 1 aromatic rings. The van der Waals surface area contributed by atoms with Crippen molar-refractivity contribution in [3.8, 4) is 11.5 Å². The molecule has 6 nitrogen and oxygen atoms in total. The van der Waals surface area contributed by atoms with Gasteiger partial charge in [-0.05, 0) is 18.6 Å². The van der Waals surface area contributed by atoms with Gasteiger partial charge in [-0.1, -0.05) is 0 Å². The highest BCUT2D eigenvalue weighted by Gasteiger charge is 2.15. The van der Waals surface area contributed by atoms with E-state index in [0.29, 0.717) is 17.2 Å². The lowest BCUT2D eigenvalue weighted by molar-refractivity contribution is 0.247. The molecule has 0 saturated heterocycles. The van der Waals surface area contributed by atoms with Gasteiger partial charge in [-0.3, -0.25) is 10.3 Å². The zero-order valence-corrected chi connectivity index (χ0v) is 10.4. The average molecular weight is 239 g/mol. The van der Waals surface area contributed by atoms with Crippen LogP contribution in [0.1, 0.15) is 5.56 Å². The van der Waals surface area contributed by atoms with Crippen LogP contribution in [0.25, 0.3) is 0 Å². The number of urea groups is 1. The second-order valence-electron chi connectivity index (χ2n) is 3.50. The zero-order valence-electron chi connectivity index (χ0n) is 10.4. The number of hydrazine groups is 1. The van der Waals surface area contributed by atoms with Gasteiger partial charge in [0.25, 0.3) is 0 Å². The van der Waals surface area contributed by atoms with Crippen molar-refractivity contribution in [3.63, 3.8) is 0 Å². The number of nitrogens with zero attached hydrogens (tertiary/aromatic N) is 1. The molecule has 3 N–H and O–H groups in total. The number of methoxy groups -OCH3 is 2. The fraction of sp³-hybridized carbons (Fsp3) is 0.364. The van der Waals surface area contributed by atoms with Crippen molar-refractivity contribution < 1.29 is 14.3 Å². The number of hydrogen-bond donors (Lipinski definition) is 2. The van der Waals surface area contributed by atoms with Crippen LogP contribution < -0.4 is 25.6 Å². The second-order valence-corrected chi connectivity index (χ2v) is 3.50. The van der Waals surface area contributed by atoms with Crippen LogP contribution in [0.15, 0.2) is 12.1 Å². The molecule has 0 saturated carbocycles. The van der Waals surface area contributed by atoms with E-state index in [9.17, 15) is 4.79 Å². The summed E-state index contributed by atoms with van der Waals surface area (Å²) in [6.45, 7) is 1.87. The first-order chi connectivity index (χ1) is 8.04. The Labute approximate surface area is 100 Å². The lowest BCUT2D eigenvalue weighted by atomic mass is 10.1. The van der Waals surface area contributed by atoms with E-state index >= 15 is 0 Å². The molecule has 0 unspecified atom stereocenters. The molecule has 1 aromatic carbocycles. The van der Waals surface area contributed by atoms with Crippen LogP contribution in [0.3, 0.4) is 0 Å². The Morgan fingerprint density at radius 2 is 1.82 bits per heavy atom. The normalized spacial score (nSPS) is 9.71. The number of anilines is 1. The summed E-state index contributed by atoms with van der Waals surface area (Å²) in [5.41, 5.74) is 3.65. The Balaban J connectivity index is 3.21. The van der Waals surface area contributed by atoms with Gasteiger partial charge in [-0.15, -0.1) is 0 Å². The molecule has 0 aliphatic rings. The van der Waals surface area contributed by atoms with Gasteiger partial charge >= 0.3 is 6.03 Å². The van der Waals surface area contributed by atoms with E-state index in [1.807, 2.05) is 6.92 Å². The third-order valence-corrected chi connectivity index (χ3v) is 2.49. The van der Waals surface area contributed by atoms with Gasteiger partial charge in [0.05, 0.1) is 19.9 Å². The molecule has 6 heteroatoms. The van der Waals surface area contributed by atoms with Crippen molar-refractivity contribution in [3.05, 3.63) is 17.7 Å². The maximum atomic E-state index is 11.4. The van der Waals surface area contributed by atoms with Crippen LogP contribution in [0.5, 0.6) is 11.5 Å². The number of aryl methyl sites for hydroxylation is 1. The number of amides is 2. The predicted octanol–water partition coefficient (Wildman–Crippen LogP) is 1.03. The van der Waals surface area contributed by atoms with E-state index < -0.39 is 6.03 Å². The van der Waals surface area contributed by atoms with Crippen molar-refractivity contribution in [2.24, 2.45) is 5.84 Å². The van der Waals surface area contributed by atoms with E-state index in [1.165, 1.54) is 4.90 Å². The Kier molecular flexibility index (Phi) is 4.17. The zero-order chi connectivity index (χ0) is 13.0. The number of hydrogen-bond acceptors (Lipinski definition) is 4. The lowest BCUT2D eigenvalue weighted by Gasteiger charge is -2.20. The van der Waals surface area contributed by atoms with Gasteiger partial charge in [0.1, 0.15) is 0 Å². The lowest BCUT2D eigenvalue weighted by Crippen LogP contribution is -2.41. The van der Waals surface area contributed by atoms with Gasteiger partial charge in [-0.2, -0.15) is 0 Å². The van der Waals surface area contributed by atoms with Crippen LogP contribution in [0, 0.1) is 6.92 Å². The molecule has 0 radical (unpaired) electrons. The molecule has 0 spiro atoms. The molecular formula is C11H17N3O3. The summed E-state index contributed by atoms with van der Waals surface area (Å²) in [6.07, 6.45) is 0. The van der Waals surface area contributed by atoms with Gasteiger partial charge in [0.15, 0.2) is 11.5 Å². The summed E-state index contributed by atoms with van der Waals surface area (Å²) in [5, 5.41) is 0. The summed E-state index contributed by atoms with van der Waals surface area (Å²) in [7, 11) is 4.73. The van der Waals surface area contributed by atoms with Crippen LogP contribution in [0.4, 0.5) is 10.5 Å². The quantitative estimate of drug-likeness (QED) is 0.469. The van der Waals surface area contributed by atoms with Crippen molar-refractivity contribution in [1.82, 2.24) is 5.43 Å². The van der Waals surface area contributed by atoms with Gasteiger partial charge < -0.3 is 9.47 Å². The van der Waals surface area contributed by atoms with E-state index in [0.717, 1.165) is 5.56 Å². The Hall–Kier alpha value is -1.95. The number of carbonyl (C=O) groups is 1. The summed E-state index contributed by atoms with van der Waals surface area (Å²) in [6, 6.07) is 3.12. The van der Waals surface area contributed by atoms with Crippen molar-refractivity contribution in [2.45, 2.75) is 6.92 Å². The molecule has 0 fully saturated rings. The minimum absolute atomic E-state index is 0.402. The third kappa shape index (κ3) is 2.59. The highest BCUT2D eigenvalue weighted by atomic mass is 16.5. The van der Waals surface area contributed by atoms with Gasteiger partial charge in [0, 0.05) is 13.1 Å². The van der Waals surface area contributed by atoms with Crippen LogP contribution in [-0.2, 0) is 0 Å². The molecule has 1 rings (SSSR count). The topological polar surface area (TPSA) is 76.8 Å². The summed E-state index contributed by atoms with van der Waals surface area (Å²) < 4.78 is 10.4. The Morgan fingerprint density at radius 1 is 1.29 bits per heavy atom. The monoisotopic (exact) mass is 239 g/mol. The maximum Gasteiger partial charge on any atom is 0.335 e. The average Bonchev–Trinajstić information content (AvgIpc) is 2.36. The largest absolute Gasteiger partial charge is 0.493 e. The number of carbonyl (C=O) groups excluding carboxylic acids is 1. The summed E-state index contributed by atoms with van der Waals surface area (Å²) in [4.78, 5) is 12.8. The van der Waals surface area contributed by atoms with Crippen molar-refractivity contribution in [2.75, 3.05) is 26.2 Å². The molecule has 17 heavy (non-hydrogen) atoms. The smallest absolute Gasteiger partial charge is 0.335 e. The highest BCUT2D eigenvalue weighted by Crippen LogP contribution is 2.34. The van der Waals surface area contributed by atoms with Crippen molar-refractivity contribution in [1.29, 1.82) is 0 Å². The number of ether oxygens (including phenoxy) is 2. The van der Waals surface area contributed by atoms with E-state index in [4.69, 9.17) is 15.3 Å². The molecule has 2 amide bonds. The minimum Gasteiger partial charge on any atom is -0.493 e. The molecule has 0 aliphatic carbocycles. The van der Waals surface area contributed by atoms with E-state index in [1.54, 1.807) is 33.4 Å². The van der Waals surface area contributed by atoms with Gasteiger partial charge in [0.2, 0.25) is 0 Å². The van der Waals surface area contributed by atoms with Crippen LogP contribution in [0.2, 0.25) is 0 Å². The van der Waals surface area contributed by atoms with Crippen LogP contribution >= 0.6 is 0 Å². The highest BCUT2D eigenvalue weighted by molar-refractivity contribution is 5.92. The second kappa shape index (κ2) is 5.40. The SMILES string of the molecule is COc1cc(C)c(N(C)C(=O)NN)cc1OC. The molecule has 0 bridgehead atoms. The predicted molar refractivity (Wildman–Crippen MR) is 65.4 cm³/mol. The first-order valence-corrected chi connectivity index (χ1v) is 5.02. The number of nitrogens with two attached hydrogens (primary N) is 1. The fourth-order valence-corrected chi connectivity index (χ4v) is 1.54. The standard InChI is InChI=1S/C11H17N3O3/c1-7-5-9(16-3)10(17-4)6-8(7)14(2)11(15)13-12/h5-6H,12H2,1-4H3,(H,13,15). The van der Waals surface area contributed by atoms with Crippen molar-refractivity contribution >= 4 is 11.7 Å². The first-order valence-electron chi connectivity index (χ1n) is 5.02. The van der Waals surface area contributed by atoms with E-state index in [-0.39, 0.29) is 0 Å². The number of benzene rings is 1. The molecule has 94 valence electrons. The van der Waals surface area contributed by atoms with Crippen LogP contribution in [-0.4, -0.2) is 27.3 Å².